The minimum atomic E-state index is -3.88. The molecular weight excluding hydrogens is 438 g/mol. The maximum Gasteiger partial charge on any atom is 0.289 e. The molecule has 0 atom stereocenters. The Bertz CT molecular complexity index is 1140. The Morgan fingerprint density at radius 1 is 1.06 bits per heavy atom. The summed E-state index contributed by atoms with van der Waals surface area (Å²) in [6.07, 6.45) is 2.01. The van der Waals surface area contributed by atoms with E-state index in [0.717, 1.165) is 17.7 Å². The predicted octanol–water partition coefficient (Wildman–Crippen LogP) is 1.15. The van der Waals surface area contributed by atoms with Crippen molar-refractivity contribution in [3.05, 3.63) is 35.3 Å². The summed E-state index contributed by atoms with van der Waals surface area (Å²) in [5.41, 5.74) is 1.54. The van der Waals surface area contributed by atoms with E-state index in [1.807, 2.05) is 7.05 Å². The Kier molecular flexibility index (Phi) is 5.26. The fourth-order valence-electron chi connectivity index (χ4n) is 4.55. The van der Waals surface area contributed by atoms with Crippen molar-refractivity contribution in [1.82, 2.24) is 14.1 Å². The van der Waals surface area contributed by atoms with Gasteiger partial charge >= 0.3 is 0 Å². The second-order valence-electron chi connectivity index (χ2n) is 8.05. The van der Waals surface area contributed by atoms with Crippen molar-refractivity contribution < 1.29 is 31.8 Å². The summed E-state index contributed by atoms with van der Waals surface area (Å²) in [5.74, 6) is 1.10. The number of amides is 1. The standard InChI is InChI=1S/C21H25N3O7S/c1-22-6-5-14-15(12-22)17(28-2)18-19(31-13-30-18)20(14)32(26,27)24-9-7-23(8-10-24)21(25)16-4-3-11-29-16/h3-4,11H,5-10,12-13H2,1-2H3. The molecule has 1 saturated heterocycles. The summed E-state index contributed by atoms with van der Waals surface area (Å²) in [5, 5.41) is 0. The van der Waals surface area contributed by atoms with Gasteiger partial charge in [0.25, 0.3) is 5.91 Å². The third-order valence-corrected chi connectivity index (χ3v) is 8.16. The lowest BCUT2D eigenvalue weighted by molar-refractivity contribution is 0.0665. The maximum atomic E-state index is 13.8. The van der Waals surface area contributed by atoms with E-state index in [0.29, 0.717) is 24.5 Å². The zero-order valence-electron chi connectivity index (χ0n) is 18.0. The molecular formula is C21H25N3O7S. The van der Waals surface area contributed by atoms with Crippen molar-refractivity contribution in [1.29, 1.82) is 0 Å². The highest BCUT2D eigenvalue weighted by Crippen LogP contribution is 2.51. The number of piperazine rings is 1. The van der Waals surface area contributed by atoms with Crippen molar-refractivity contribution in [2.75, 3.05) is 53.7 Å². The number of fused-ring (bicyclic) bond motifs is 2. The van der Waals surface area contributed by atoms with Crippen molar-refractivity contribution in [3.63, 3.8) is 0 Å². The lowest BCUT2D eigenvalue weighted by Crippen LogP contribution is -2.50. The Morgan fingerprint density at radius 2 is 1.81 bits per heavy atom. The van der Waals surface area contributed by atoms with Gasteiger partial charge in [-0.1, -0.05) is 0 Å². The highest BCUT2D eigenvalue weighted by molar-refractivity contribution is 7.89. The van der Waals surface area contributed by atoms with E-state index in [4.69, 9.17) is 18.6 Å². The molecule has 1 aromatic heterocycles. The average molecular weight is 464 g/mol. The van der Waals surface area contributed by atoms with Crippen molar-refractivity contribution >= 4 is 15.9 Å². The molecule has 0 N–H and O–H groups in total. The van der Waals surface area contributed by atoms with Crippen LogP contribution in [0.2, 0.25) is 0 Å². The molecule has 1 aromatic carbocycles. The average Bonchev–Trinajstić information content (AvgIpc) is 3.49. The molecule has 0 spiro atoms. The van der Waals surface area contributed by atoms with Crippen LogP contribution >= 0.6 is 0 Å². The number of carbonyl (C=O) groups excluding carboxylic acids is 1. The molecule has 1 fully saturated rings. The molecule has 0 unspecified atom stereocenters. The molecule has 3 aliphatic heterocycles. The third kappa shape index (κ3) is 3.31. The van der Waals surface area contributed by atoms with E-state index >= 15 is 0 Å². The molecule has 0 saturated carbocycles. The van der Waals surface area contributed by atoms with Crippen LogP contribution in [-0.2, 0) is 23.0 Å². The van der Waals surface area contributed by atoms with Gasteiger partial charge in [-0.3, -0.25) is 4.79 Å². The van der Waals surface area contributed by atoms with Gasteiger partial charge in [0.1, 0.15) is 4.90 Å². The topological polar surface area (TPSA) is 102 Å². The van der Waals surface area contributed by atoms with Crippen LogP contribution in [0.5, 0.6) is 17.2 Å². The molecule has 4 heterocycles. The van der Waals surface area contributed by atoms with Gasteiger partial charge in [-0.2, -0.15) is 4.31 Å². The third-order valence-electron chi connectivity index (χ3n) is 6.17. The van der Waals surface area contributed by atoms with Crippen LogP contribution in [-0.4, -0.2) is 82.1 Å². The Labute approximate surface area is 186 Å². The zero-order valence-corrected chi connectivity index (χ0v) is 18.8. The number of methoxy groups -OCH3 is 1. The highest BCUT2D eigenvalue weighted by Gasteiger charge is 2.41. The molecule has 0 aliphatic carbocycles. The summed E-state index contributed by atoms with van der Waals surface area (Å²) >= 11 is 0. The largest absolute Gasteiger partial charge is 0.492 e. The Hall–Kier alpha value is -2.76. The number of furan rings is 1. The zero-order chi connectivity index (χ0) is 22.5. The summed E-state index contributed by atoms with van der Waals surface area (Å²) in [4.78, 5) is 16.4. The molecule has 32 heavy (non-hydrogen) atoms. The number of benzene rings is 1. The minimum absolute atomic E-state index is 0.0572. The number of rotatable bonds is 4. The number of hydrogen-bond donors (Lipinski definition) is 0. The van der Waals surface area contributed by atoms with Crippen LogP contribution in [0, 0.1) is 0 Å². The highest BCUT2D eigenvalue weighted by atomic mass is 32.2. The summed E-state index contributed by atoms with van der Waals surface area (Å²) in [7, 11) is -0.348. The predicted molar refractivity (Wildman–Crippen MR) is 113 cm³/mol. The molecule has 172 valence electrons. The Balaban J connectivity index is 1.48. The van der Waals surface area contributed by atoms with Gasteiger partial charge < -0.3 is 28.4 Å². The maximum absolute atomic E-state index is 13.8. The number of nitrogens with zero attached hydrogens (tertiary/aromatic N) is 3. The van der Waals surface area contributed by atoms with E-state index in [2.05, 4.69) is 4.90 Å². The number of carbonyl (C=O) groups is 1. The molecule has 2 aromatic rings. The lowest BCUT2D eigenvalue weighted by atomic mass is 9.97. The van der Waals surface area contributed by atoms with Crippen molar-refractivity contribution in [2.45, 2.75) is 17.9 Å². The monoisotopic (exact) mass is 463 g/mol. The van der Waals surface area contributed by atoms with Gasteiger partial charge in [0.2, 0.25) is 22.6 Å². The van der Waals surface area contributed by atoms with E-state index in [1.165, 1.54) is 10.6 Å². The molecule has 5 rings (SSSR count). The Morgan fingerprint density at radius 3 is 2.50 bits per heavy atom. The molecule has 1 amide bonds. The molecule has 3 aliphatic rings. The van der Waals surface area contributed by atoms with Gasteiger partial charge in [-0.25, -0.2) is 8.42 Å². The number of likely N-dealkylation sites (N-methyl/N-ethyl adjacent to an activating group) is 1. The quantitative estimate of drug-likeness (QED) is 0.666. The first kappa shape index (κ1) is 21.1. The number of hydrogen-bond acceptors (Lipinski definition) is 8. The van der Waals surface area contributed by atoms with E-state index in [1.54, 1.807) is 24.1 Å². The summed E-state index contributed by atoms with van der Waals surface area (Å²) in [6, 6.07) is 3.26. The van der Waals surface area contributed by atoms with Gasteiger partial charge in [0.15, 0.2) is 17.3 Å². The van der Waals surface area contributed by atoms with Crippen LogP contribution < -0.4 is 14.2 Å². The first-order valence-electron chi connectivity index (χ1n) is 10.4. The smallest absolute Gasteiger partial charge is 0.289 e. The molecule has 0 bridgehead atoms. The second kappa shape index (κ2) is 7.98. The van der Waals surface area contributed by atoms with Gasteiger partial charge in [-0.15, -0.1) is 0 Å². The summed E-state index contributed by atoms with van der Waals surface area (Å²) in [6.45, 7) is 2.15. The van der Waals surface area contributed by atoms with E-state index in [9.17, 15) is 13.2 Å². The summed E-state index contributed by atoms with van der Waals surface area (Å²) < 4.78 is 51.1. The molecule has 0 radical (unpaired) electrons. The van der Waals surface area contributed by atoms with Crippen LogP contribution in [0.4, 0.5) is 0 Å². The van der Waals surface area contributed by atoms with Gasteiger partial charge in [0, 0.05) is 44.8 Å². The van der Waals surface area contributed by atoms with Gasteiger partial charge in [-0.05, 0) is 31.2 Å². The fourth-order valence-corrected chi connectivity index (χ4v) is 6.38. The van der Waals surface area contributed by atoms with Crippen molar-refractivity contribution in [3.8, 4) is 17.2 Å². The number of sulfonamides is 1. The minimum Gasteiger partial charge on any atom is -0.492 e. The first-order chi connectivity index (χ1) is 15.4. The van der Waals surface area contributed by atoms with Crippen LogP contribution in [0.15, 0.2) is 27.7 Å². The molecule has 11 heteroatoms. The first-order valence-corrected chi connectivity index (χ1v) is 11.9. The SMILES string of the molecule is COc1c2c(c(S(=O)(=O)N3CCN(C(=O)c4ccco4)CC3)c3c1OCO3)CCN(C)C2. The van der Waals surface area contributed by atoms with E-state index < -0.39 is 10.0 Å². The lowest BCUT2D eigenvalue weighted by Gasteiger charge is -2.35. The second-order valence-corrected chi connectivity index (χ2v) is 9.92. The fraction of sp³-hybridized carbons (Fsp3) is 0.476. The van der Waals surface area contributed by atoms with Crippen LogP contribution in [0.1, 0.15) is 21.7 Å². The molecule has 10 nitrogen and oxygen atoms in total. The van der Waals surface area contributed by atoms with E-state index in [-0.39, 0.29) is 55.3 Å². The van der Waals surface area contributed by atoms with Crippen molar-refractivity contribution in [2.24, 2.45) is 0 Å². The van der Waals surface area contributed by atoms with Crippen LogP contribution in [0.3, 0.4) is 0 Å². The van der Waals surface area contributed by atoms with Gasteiger partial charge in [0.05, 0.1) is 13.4 Å². The number of ether oxygens (including phenoxy) is 3. The normalized spacial score (nSPS) is 19.1. The van der Waals surface area contributed by atoms with Crippen LogP contribution in [0.25, 0.3) is 0 Å².